The van der Waals surface area contributed by atoms with Crippen LogP contribution in [0.25, 0.3) is 5.69 Å². The zero-order valence-corrected chi connectivity index (χ0v) is 20.1. The Morgan fingerprint density at radius 2 is 1.91 bits per heavy atom. The number of methoxy groups -OCH3 is 1. The van der Waals surface area contributed by atoms with Crippen LogP contribution in [0.1, 0.15) is 46.7 Å². The molecule has 1 aromatic carbocycles. The lowest BCUT2D eigenvalue weighted by molar-refractivity contribution is -0.137. The molecule has 0 amide bonds. The third-order valence-corrected chi connectivity index (χ3v) is 6.52. The normalized spacial score (nSPS) is 18.4. The lowest BCUT2D eigenvalue weighted by atomic mass is 9.96. The van der Waals surface area contributed by atoms with Gasteiger partial charge in [0.1, 0.15) is 0 Å². The Bertz CT molecular complexity index is 1160. The second-order valence-electron chi connectivity index (χ2n) is 8.38. The second kappa shape index (κ2) is 9.76. The Hall–Kier alpha value is -2.91. The van der Waals surface area contributed by atoms with Crippen molar-refractivity contribution in [1.29, 1.82) is 0 Å². The largest absolute Gasteiger partial charge is 0.416 e. The van der Waals surface area contributed by atoms with Crippen molar-refractivity contribution in [3.63, 3.8) is 0 Å². The number of hydrogen-bond acceptors (Lipinski definition) is 3. The molecule has 0 unspecified atom stereocenters. The summed E-state index contributed by atoms with van der Waals surface area (Å²) in [5.41, 5.74) is 3.37. The van der Waals surface area contributed by atoms with E-state index in [1.165, 1.54) is 12.1 Å². The fourth-order valence-electron chi connectivity index (χ4n) is 4.67. The lowest BCUT2D eigenvalue weighted by Crippen LogP contribution is -2.31. The van der Waals surface area contributed by atoms with Gasteiger partial charge in [0.25, 0.3) is 0 Å². The predicted octanol–water partition coefficient (Wildman–Crippen LogP) is 5.52. The fraction of sp³-hybridized carbons (Fsp3) is 0.360. The van der Waals surface area contributed by atoms with Crippen LogP contribution in [0, 0.1) is 13.8 Å². The van der Waals surface area contributed by atoms with E-state index in [-0.39, 0.29) is 12.1 Å². The maximum absolute atomic E-state index is 13.4. The van der Waals surface area contributed by atoms with Gasteiger partial charge < -0.3 is 19.5 Å². The molecule has 34 heavy (non-hydrogen) atoms. The van der Waals surface area contributed by atoms with Gasteiger partial charge in [0.2, 0.25) is 0 Å². The number of halogens is 3. The molecule has 4 rings (SSSR count). The van der Waals surface area contributed by atoms with Crippen molar-refractivity contribution in [1.82, 2.24) is 19.8 Å². The van der Waals surface area contributed by atoms with Crippen LogP contribution in [0.15, 0.2) is 54.7 Å². The Morgan fingerprint density at radius 1 is 1.12 bits per heavy atom. The lowest BCUT2D eigenvalue weighted by Gasteiger charge is -2.28. The first-order chi connectivity index (χ1) is 16.2. The van der Waals surface area contributed by atoms with Gasteiger partial charge in [-0.2, -0.15) is 13.2 Å². The Labute approximate surface area is 202 Å². The Balaban J connectivity index is 1.79. The van der Waals surface area contributed by atoms with E-state index in [9.17, 15) is 13.2 Å². The zero-order valence-electron chi connectivity index (χ0n) is 19.3. The molecule has 1 aliphatic heterocycles. The molecule has 5 nitrogen and oxygen atoms in total. The van der Waals surface area contributed by atoms with Crippen molar-refractivity contribution in [2.75, 3.05) is 20.3 Å². The van der Waals surface area contributed by atoms with Gasteiger partial charge in [-0.3, -0.25) is 4.98 Å². The summed E-state index contributed by atoms with van der Waals surface area (Å²) in [6.45, 7) is 5.12. The average Bonchev–Trinajstić information content (AvgIpc) is 3.29. The molecule has 1 fully saturated rings. The SMILES string of the molecule is COCCCN1C(=S)N[C@H](c2ccccn2)[C@H]1c1cc(C)n(-c2cccc(C(F)(F)F)c2)c1C. The zero-order chi connectivity index (χ0) is 24.5. The first kappa shape index (κ1) is 24.2. The minimum Gasteiger partial charge on any atom is -0.385 e. The molecule has 1 saturated heterocycles. The van der Waals surface area contributed by atoms with Crippen LogP contribution in [0.4, 0.5) is 13.2 Å². The number of aromatic nitrogens is 2. The summed E-state index contributed by atoms with van der Waals surface area (Å²) in [5, 5.41) is 4.04. The molecule has 1 N–H and O–H groups in total. The number of benzene rings is 1. The smallest absolute Gasteiger partial charge is 0.385 e. The van der Waals surface area contributed by atoms with Crippen LogP contribution in [-0.4, -0.2) is 39.8 Å². The highest BCUT2D eigenvalue weighted by Crippen LogP contribution is 2.41. The summed E-state index contributed by atoms with van der Waals surface area (Å²) in [5.74, 6) is 0. The van der Waals surface area contributed by atoms with Gasteiger partial charge in [0.15, 0.2) is 5.11 Å². The maximum atomic E-state index is 13.4. The average molecular weight is 489 g/mol. The van der Waals surface area contributed by atoms with Crippen LogP contribution in [0.3, 0.4) is 0 Å². The number of aryl methyl sites for hydroxylation is 1. The van der Waals surface area contributed by atoms with Crippen LogP contribution >= 0.6 is 12.2 Å². The van der Waals surface area contributed by atoms with E-state index >= 15 is 0 Å². The molecular formula is C25H27F3N4OS. The predicted molar refractivity (Wildman–Crippen MR) is 129 cm³/mol. The van der Waals surface area contributed by atoms with Crippen LogP contribution < -0.4 is 5.32 Å². The molecule has 0 saturated carbocycles. The van der Waals surface area contributed by atoms with Gasteiger partial charge in [-0.05, 0) is 74.4 Å². The van der Waals surface area contributed by atoms with Crippen molar-refractivity contribution < 1.29 is 17.9 Å². The highest BCUT2D eigenvalue weighted by molar-refractivity contribution is 7.80. The first-order valence-electron chi connectivity index (χ1n) is 11.1. The minimum atomic E-state index is -4.41. The van der Waals surface area contributed by atoms with E-state index in [2.05, 4.69) is 15.2 Å². The molecule has 9 heteroatoms. The molecule has 1 aliphatic rings. The quantitative estimate of drug-likeness (QED) is 0.351. The minimum absolute atomic E-state index is 0.162. The van der Waals surface area contributed by atoms with Gasteiger partial charge in [-0.15, -0.1) is 0 Å². The molecule has 0 radical (unpaired) electrons. The Morgan fingerprint density at radius 3 is 2.59 bits per heavy atom. The van der Waals surface area contributed by atoms with E-state index < -0.39 is 11.7 Å². The summed E-state index contributed by atoms with van der Waals surface area (Å²) in [7, 11) is 1.66. The van der Waals surface area contributed by atoms with Crippen molar-refractivity contribution in [3.05, 3.63) is 82.9 Å². The summed E-state index contributed by atoms with van der Waals surface area (Å²) < 4.78 is 47.2. The summed E-state index contributed by atoms with van der Waals surface area (Å²) in [6, 6.07) is 12.9. The van der Waals surface area contributed by atoms with Crippen molar-refractivity contribution in [2.45, 2.75) is 38.5 Å². The summed E-state index contributed by atoms with van der Waals surface area (Å²) in [6.07, 6.45) is -1.87. The molecule has 0 aliphatic carbocycles. The summed E-state index contributed by atoms with van der Waals surface area (Å²) >= 11 is 5.69. The first-order valence-corrected chi connectivity index (χ1v) is 11.5. The highest BCUT2D eigenvalue weighted by Gasteiger charge is 2.41. The van der Waals surface area contributed by atoms with Crippen molar-refractivity contribution in [2.24, 2.45) is 0 Å². The molecule has 2 aromatic heterocycles. The van der Waals surface area contributed by atoms with E-state index in [1.807, 2.05) is 42.7 Å². The third-order valence-electron chi connectivity index (χ3n) is 6.17. The standard InChI is InChI=1S/C25H27F3N4OS/c1-16-14-20(17(2)32(16)19-9-6-8-18(15-19)25(26,27)28)23-22(21-10-4-5-11-29-21)30-24(34)31(23)12-7-13-33-3/h4-6,8-11,14-15,22-23H,7,12-13H2,1-3H3,(H,30,34)/t22-,23-/m1/s1. The number of nitrogens with zero attached hydrogens (tertiary/aromatic N) is 3. The monoisotopic (exact) mass is 488 g/mol. The molecule has 0 spiro atoms. The fourth-order valence-corrected chi connectivity index (χ4v) is 5.00. The molecule has 3 aromatic rings. The number of pyridine rings is 1. The molecule has 0 bridgehead atoms. The highest BCUT2D eigenvalue weighted by atomic mass is 32.1. The topological polar surface area (TPSA) is 42.3 Å². The second-order valence-corrected chi connectivity index (χ2v) is 8.76. The van der Waals surface area contributed by atoms with Crippen molar-refractivity contribution >= 4 is 17.3 Å². The van der Waals surface area contributed by atoms with Gasteiger partial charge in [-0.25, -0.2) is 0 Å². The van der Waals surface area contributed by atoms with Gasteiger partial charge >= 0.3 is 6.18 Å². The van der Waals surface area contributed by atoms with E-state index in [1.54, 1.807) is 19.4 Å². The van der Waals surface area contributed by atoms with E-state index in [0.29, 0.717) is 24.0 Å². The number of alkyl halides is 3. The van der Waals surface area contributed by atoms with Gasteiger partial charge in [-0.1, -0.05) is 12.1 Å². The number of ether oxygens (including phenoxy) is 1. The Kier molecular flexibility index (Phi) is 6.95. The van der Waals surface area contributed by atoms with Crippen molar-refractivity contribution in [3.8, 4) is 5.69 Å². The van der Waals surface area contributed by atoms with Crippen LogP contribution in [0.2, 0.25) is 0 Å². The number of hydrogen-bond donors (Lipinski definition) is 1. The van der Waals surface area contributed by atoms with E-state index in [0.717, 1.165) is 35.1 Å². The van der Waals surface area contributed by atoms with Gasteiger partial charge in [0, 0.05) is 43.5 Å². The van der Waals surface area contributed by atoms with Crippen LogP contribution in [0.5, 0.6) is 0 Å². The maximum Gasteiger partial charge on any atom is 0.416 e. The number of nitrogens with one attached hydrogen (secondary N) is 1. The van der Waals surface area contributed by atoms with Gasteiger partial charge in [0.05, 0.1) is 23.3 Å². The molecule has 180 valence electrons. The van der Waals surface area contributed by atoms with Crippen LogP contribution in [-0.2, 0) is 10.9 Å². The van der Waals surface area contributed by atoms with E-state index in [4.69, 9.17) is 17.0 Å². The molecule has 2 atom stereocenters. The number of thiocarbonyl (C=S) groups is 1. The third kappa shape index (κ3) is 4.67. The number of rotatable bonds is 7. The molecular weight excluding hydrogens is 461 g/mol. The summed E-state index contributed by atoms with van der Waals surface area (Å²) in [4.78, 5) is 6.68. The molecule has 3 heterocycles.